The number of alkyl halides is 6. The third-order valence-corrected chi connectivity index (χ3v) is 3.72. The molecule has 20 heavy (non-hydrogen) atoms. The van der Waals surface area contributed by atoms with E-state index in [1.54, 1.807) is 0 Å². The molecule has 2 N–H and O–H groups in total. The highest BCUT2D eigenvalue weighted by atomic mass is 19.4. The van der Waals surface area contributed by atoms with E-state index >= 15 is 0 Å². The molecule has 112 valence electrons. The van der Waals surface area contributed by atoms with E-state index in [0.717, 1.165) is 18.6 Å². The molecule has 0 spiro atoms. The summed E-state index contributed by atoms with van der Waals surface area (Å²) in [4.78, 5) is 0. The molecule has 0 amide bonds. The van der Waals surface area contributed by atoms with E-state index < -0.39 is 29.4 Å². The van der Waals surface area contributed by atoms with Crippen LogP contribution in [0, 0.1) is 0 Å². The summed E-state index contributed by atoms with van der Waals surface area (Å²) in [5.41, 5.74) is 5.14. The zero-order valence-corrected chi connectivity index (χ0v) is 10.4. The van der Waals surface area contributed by atoms with Crippen LogP contribution in [0.3, 0.4) is 0 Å². The van der Waals surface area contributed by atoms with Gasteiger partial charge in [0.1, 0.15) is 0 Å². The van der Waals surface area contributed by atoms with Crippen LogP contribution in [-0.2, 0) is 5.54 Å². The van der Waals surface area contributed by atoms with Gasteiger partial charge < -0.3 is 5.73 Å². The highest BCUT2D eigenvalue weighted by molar-refractivity contribution is 5.32. The Balaban J connectivity index is 2.32. The number of hydrogen-bond acceptors (Lipinski definition) is 1. The van der Waals surface area contributed by atoms with Crippen molar-refractivity contribution in [3.05, 3.63) is 35.4 Å². The first-order valence-electron chi connectivity index (χ1n) is 6.07. The zero-order valence-electron chi connectivity index (χ0n) is 10.4. The van der Waals surface area contributed by atoms with Crippen LogP contribution in [0.4, 0.5) is 26.3 Å². The summed E-state index contributed by atoms with van der Waals surface area (Å²) in [7, 11) is 0. The summed E-state index contributed by atoms with van der Waals surface area (Å²) >= 11 is 0. The maximum Gasteiger partial charge on any atom is 0.404 e. The second-order valence-corrected chi connectivity index (χ2v) is 5.15. The average molecular weight is 297 g/mol. The van der Waals surface area contributed by atoms with Gasteiger partial charge in [0, 0.05) is 5.54 Å². The molecule has 0 saturated heterocycles. The first-order chi connectivity index (χ1) is 9.04. The predicted octanol–water partition coefficient (Wildman–Crippen LogP) is 4.23. The number of benzene rings is 1. The van der Waals surface area contributed by atoms with Crippen LogP contribution in [0.25, 0.3) is 0 Å². The summed E-state index contributed by atoms with van der Waals surface area (Å²) in [6, 6.07) is 4.26. The molecule has 2 rings (SSSR count). The van der Waals surface area contributed by atoms with Crippen molar-refractivity contribution in [1.29, 1.82) is 0 Å². The molecule has 0 radical (unpaired) electrons. The number of halogens is 6. The van der Waals surface area contributed by atoms with Crippen molar-refractivity contribution in [2.75, 3.05) is 0 Å². The van der Waals surface area contributed by atoms with Gasteiger partial charge in [0.05, 0.1) is 0 Å². The fourth-order valence-electron chi connectivity index (χ4n) is 2.42. The minimum Gasteiger partial charge on any atom is -0.321 e. The standard InChI is InChI=1S/C13H13F6N/c14-12(15,16)10(13(17,18)19)8-2-4-9(5-3-8)11(20)6-1-7-11/h2-5,10H,1,6-7,20H2. The lowest BCUT2D eigenvalue weighted by atomic mass is 9.72. The zero-order chi connectivity index (χ0) is 15.2. The van der Waals surface area contributed by atoms with E-state index in [1.807, 2.05) is 0 Å². The third-order valence-electron chi connectivity index (χ3n) is 3.72. The highest BCUT2D eigenvalue weighted by Crippen LogP contribution is 2.47. The van der Waals surface area contributed by atoms with Gasteiger partial charge in [-0.25, -0.2) is 0 Å². The van der Waals surface area contributed by atoms with E-state index in [1.165, 1.54) is 12.1 Å². The first-order valence-corrected chi connectivity index (χ1v) is 6.07. The summed E-state index contributed by atoms with van der Waals surface area (Å²) in [5.74, 6) is -3.46. The predicted molar refractivity (Wildman–Crippen MR) is 61.0 cm³/mol. The Morgan fingerprint density at radius 3 is 1.65 bits per heavy atom. The lowest BCUT2D eigenvalue weighted by Gasteiger charge is -2.38. The maximum atomic E-state index is 12.6. The van der Waals surface area contributed by atoms with Gasteiger partial charge in [-0.2, -0.15) is 26.3 Å². The number of rotatable bonds is 2. The smallest absolute Gasteiger partial charge is 0.321 e. The molecule has 0 aliphatic heterocycles. The molecule has 7 heteroatoms. The number of hydrogen-bond donors (Lipinski definition) is 1. The van der Waals surface area contributed by atoms with Gasteiger partial charge in [0.15, 0.2) is 5.92 Å². The van der Waals surface area contributed by atoms with Gasteiger partial charge in [-0.3, -0.25) is 0 Å². The van der Waals surface area contributed by atoms with Crippen molar-refractivity contribution in [2.24, 2.45) is 5.73 Å². The molecule has 0 unspecified atom stereocenters. The van der Waals surface area contributed by atoms with Crippen LogP contribution in [0.2, 0.25) is 0 Å². The van der Waals surface area contributed by atoms with E-state index in [9.17, 15) is 26.3 Å². The van der Waals surface area contributed by atoms with Gasteiger partial charge in [0.25, 0.3) is 0 Å². The fourth-order valence-corrected chi connectivity index (χ4v) is 2.42. The molecule has 1 aliphatic carbocycles. The molecule has 1 fully saturated rings. The molecule has 1 aromatic rings. The third kappa shape index (κ3) is 2.77. The van der Waals surface area contributed by atoms with Crippen molar-refractivity contribution in [2.45, 2.75) is 43.1 Å². The van der Waals surface area contributed by atoms with E-state index in [4.69, 9.17) is 5.73 Å². The lowest BCUT2D eigenvalue weighted by Crippen LogP contribution is -2.43. The largest absolute Gasteiger partial charge is 0.404 e. The van der Waals surface area contributed by atoms with Crippen LogP contribution >= 0.6 is 0 Å². The van der Waals surface area contributed by atoms with Gasteiger partial charge >= 0.3 is 12.4 Å². The Morgan fingerprint density at radius 2 is 1.35 bits per heavy atom. The van der Waals surface area contributed by atoms with Crippen LogP contribution in [0.15, 0.2) is 24.3 Å². The molecule has 1 aromatic carbocycles. The minimum atomic E-state index is -5.36. The number of nitrogens with two attached hydrogens (primary N) is 1. The van der Waals surface area contributed by atoms with E-state index in [-0.39, 0.29) is 0 Å². The van der Waals surface area contributed by atoms with Crippen molar-refractivity contribution >= 4 is 0 Å². The molecule has 0 bridgehead atoms. The Bertz CT molecular complexity index is 455. The molecular weight excluding hydrogens is 284 g/mol. The van der Waals surface area contributed by atoms with Gasteiger partial charge in [-0.05, 0) is 30.4 Å². The molecular formula is C13H13F6N. The molecule has 1 nitrogen and oxygen atoms in total. The summed E-state index contributed by atoms with van der Waals surface area (Å²) in [6.07, 6.45) is -8.44. The van der Waals surface area contributed by atoms with Crippen molar-refractivity contribution in [3.8, 4) is 0 Å². The van der Waals surface area contributed by atoms with Crippen molar-refractivity contribution in [1.82, 2.24) is 0 Å². The van der Waals surface area contributed by atoms with Crippen molar-refractivity contribution < 1.29 is 26.3 Å². The maximum absolute atomic E-state index is 12.6. The molecule has 0 aromatic heterocycles. The molecule has 0 atom stereocenters. The fraction of sp³-hybridized carbons (Fsp3) is 0.538. The minimum absolute atomic E-state index is 0.579. The SMILES string of the molecule is NC1(c2ccc(C(C(F)(F)F)C(F)(F)F)cc2)CCC1. The normalized spacial score (nSPS) is 19.0. The Hall–Kier alpha value is -1.24. The van der Waals surface area contributed by atoms with Crippen LogP contribution < -0.4 is 5.73 Å². The molecule has 1 saturated carbocycles. The van der Waals surface area contributed by atoms with Crippen LogP contribution in [0.1, 0.15) is 36.3 Å². The summed E-state index contributed by atoms with van der Waals surface area (Å²) in [6.45, 7) is 0. The Morgan fingerprint density at radius 1 is 0.900 bits per heavy atom. The average Bonchev–Trinajstić information content (AvgIpc) is 2.23. The monoisotopic (exact) mass is 297 g/mol. The topological polar surface area (TPSA) is 26.0 Å². The van der Waals surface area contributed by atoms with Gasteiger partial charge in [-0.15, -0.1) is 0 Å². The van der Waals surface area contributed by atoms with E-state index in [2.05, 4.69) is 0 Å². The Labute approximate surface area is 111 Å². The second kappa shape index (κ2) is 4.65. The first kappa shape index (κ1) is 15.2. The highest BCUT2D eigenvalue weighted by Gasteiger charge is 2.57. The van der Waals surface area contributed by atoms with E-state index in [0.29, 0.717) is 18.4 Å². The Kier molecular flexibility index (Phi) is 3.52. The van der Waals surface area contributed by atoms with Crippen LogP contribution in [-0.4, -0.2) is 12.4 Å². The summed E-state index contributed by atoms with van der Waals surface area (Å²) in [5, 5.41) is 0. The molecule has 0 heterocycles. The van der Waals surface area contributed by atoms with Gasteiger partial charge in [-0.1, -0.05) is 24.3 Å². The lowest BCUT2D eigenvalue weighted by molar-refractivity contribution is -0.253. The second-order valence-electron chi connectivity index (χ2n) is 5.15. The quantitative estimate of drug-likeness (QED) is 0.812. The molecule has 1 aliphatic rings. The van der Waals surface area contributed by atoms with Crippen LogP contribution in [0.5, 0.6) is 0 Å². The van der Waals surface area contributed by atoms with Gasteiger partial charge in [0.2, 0.25) is 0 Å². The van der Waals surface area contributed by atoms with Crippen molar-refractivity contribution in [3.63, 3.8) is 0 Å². The summed E-state index contributed by atoms with van der Waals surface area (Å²) < 4.78 is 75.4.